The molecule has 1 fully saturated rings. The number of rotatable bonds is 3. The number of benzene rings is 1. The van der Waals surface area contributed by atoms with E-state index in [1.807, 2.05) is 0 Å². The zero-order valence-corrected chi connectivity index (χ0v) is 11.5. The van der Waals surface area contributed by atoms with Crippen LogP contribution in [0.1, 0.15) is 6.42 Å². The van der Waals surface area contributed by atoms with Gasteiger partial charge in [0.05, 0.1) is 12.0 Å². The van der Waals surface area contributed by atoms with Gasteiger partial charge in [-0.05, 0) is 31.2 Å². The molecule has 1 N–H and O–H groups in total. The number of hydrogen-bond donors (Lipinski definition) is 1. The molecule has 0 bridgehead atoms. The third-order valence-corrected chi connectivity index (χ3v) is 4.95. The van der Waals surface area contributed by atoms with E-state index in [1.165, 1.54) is 23.5 Å². The normalized spacial score (nSPS) is 18.0. The zero-order valence-electron chi connectivity index (χ0n) is 10.7. The third kappa shape index (κ3) is 3.05. The van der Waals surface area contributed by atoms with Crippen molar-refractivity contribution in [3.05, 3.63) is 24.0 Å². The fourth-order valence-electron chi connectivity index (χ4n) is 2.02. The highest BCUT2D eigenvalue weighted by atomic mass is 32.2. The molecular formula is C12H17FN2O3S. The Hall–Kier alpha value is -1.18. The molecule has 0 unspecified atom stereocenters. The molecule has 2 rings (SSSR count). The molecule has 0 spiro atoms. The van der Waals surface area contributed by atoms with Gasteiger partial charge < -0.3 is 10.1 Å². The summed E-state index contributed by atoms with van der Waals surface area (Å²) >= 11 is 0. The Labute approximate surface area is 112 Å². The highest BCUT2D eigenvalue weighted by molar-refractivity contribution is 7.89. The molecule has 1 aliphatic rings. The number of nitrogens with zero attached hydrogens (tertiary/aromatic N) is 1. The molecule has 0 saturated carbocycles. The van der Waals surface area contributed by atoms with Gasteiger partial charge in [0.15, 0.2) is 11.6 Å². The van der Waals surface area contributed by atoms with Gasteiger partial charge >= 0.3 is 0 Å². The molecule has 1 aliphatic heterocycles. The molecule has 1 aromatic carbocycles. The molecule has 0 atom stereocenters. The average Bonchev–Trinajstić information content (AvgIpc) is 2.67. The van der Waals surface area contributed by atoms with Crippen LogP contribution in [0.5, 0.6) is 5.75 Å². The summed E-state index contributed by atoms with van der Waals surface area (Å²) in [5.74, 6) is -0.631. The summed E-state index contributed by atoms with van der Waals surface area (Å²) in [7, 11) is -2.29. The topological polar surface area (TPSA) is 58.6 Å². The SMILES string of the molecule is COc1ccc(S(=O)(=O)N2CCCNCC2)cc1F. The minimum Gasteiger partial charge on any atom is -0.494 e. The van der Waals surface area contributed by atoms with Crippen LogP contribution in [0.4, 0.5) is 4.39 Å². The Balaban J connectivity index is 2.30. The summed E-state index contributed by atoms with van der Waals surface area (Å²) in [6.07, 6.45) is 0.748. The van der Waals surface area contributed by atoms with E-state index in [0.29, 0.717) is 19.6 Å². The number of sulfonamides is 1. The van der Waals surface area contributed by atoms with Crippen LogP contribution in [0.15, 0.2) is 23.1 Å². The standard InChI is InChI=1S/C12H17FN2O3S/c1-18-12-4-3-10(9-11(12)13)19(16,17)15-7-2-5-14-6-8-15/h3-4,9,14H,2,5-8H2,1H3. The first-order chi connectivity index (χ1) is 9.05. The molecule has 19 heavy (non-hydrogen) atoms. The summed E-state index contributed by atoms with van der Waals surface area (Å²) < 4.78 is 44.5. The van der Waals surface area contributed by atoms with Crippen LogP contribution >= 0.6 is 0 Å². The lowest BCUT2D eigenvalue weighted by atomic mass is 10.3. The van der Waals surface area contributed by atoms with Gasteiger partial charge in [0.1, 0.15) is 0 Å². The predicted molar refractivity (Wildman–Crippen MR) is 69.2 cm³/mol. The minimum absolute atomic E-state index is 0.0345. The Bertz CT molecular complexity index is 540. The average molecular weight is 288 g/mol. The van der Waals surface area contributed by atoms with Crippen LogP contribution in [0.25, 0.3) is 0 Å². The lowest BCUT2D eigenvalue weighted by Crippen LogP contribution is -2.34. The van der Waals surface area contributed by atoms with Crippen LogP contribution in [-0.4, -0.2) is 46.0 Å². The second-order valence-electron chi connectivity index (χ2n) is 4.30. The smallest absolute Gasteiger partial charge is 0.243 e. The van der Waals surface area contributed by atoms with Gasteiger partial charge in [-0.1, -0.05) is 0 Å². The van der Waals surface area contributed by atoms with Crippen LogP contribution in [0.3, 0.4) is 0 Å². The van der Waals surface area contributed by atoms with E-state index in [1.54, 1.807) is 0 Å². The summed E-state index contributed by atoms with van der Waals surface area (Å²) in [5, 5.41) is 3.13. The highest BCUT2D eigenvalue weighted by Crippen LogP contribution is 2.23. The van der Waals surface area contributed by atoms with Crippen molar-refractivity contribution in [2.75, 3.05) is 33.3 Å². The lowest BCUT2D eigenvalue weighted by Gasteiger charge is -2.19. The lowest BCUT2D eigenvalue weighted by molar-refractivity contribution is 0.385. The summed E-state index contributed by atoms with van der Waals surface area (Å²) in [4.78, 5) is -0.0345. The van der Waals surface area contributed by atoms with E-state index < -0.39 is 15.8 Å². The molecule has 0 radical (unpaired) electrons. The third-order valence-electron chi connectivity index (χ3n) is 3.06. The molecule has 5 nitrogen and oxygen atoms in total. The monoisotopic (exact) mass is 288 g/mol. The number of methoxy groups -OCH3 is 1. The van der Waals surface area contributed by atoms with Crippen LogP contribution < -0.4 is 10.1 Å². The van der Waals surface area contributed by atoms with Gasteiger partial charge in [0.25, 0.3) is 0 Å². The number of ether oxygens (including phenoxy) is 1. The zero-order chi connectivity index (χ0) is 13.9. The first-order valence-electron chi connectivity index (χ1n) is 6.10. The Morgan fingerprint density at radius 3 is 2.79 bits per heavy atom. The van der Waals surface area contributed by atoms with Crippen molar-refractivity contribution in [1.82, 2.24) is 9.62 Å². The van der Waals surface area contributed by atoms with Gasteiger partial charge in [-0.3, -0.25) is 0 Å². The van der Waals surface area contributed by atoms with Crippen molar-refractivity contribution in [2.45, 2.75) is 11.3 Å². The van der Waals surface area contributed by atoms with Crippen molar-refractivity contribution in [3.8, 4) is 5.75 Å². The van der Waals surface area contributed by atoms with Gasteiger partial charge in [-0.2, -0.15) is 4.31 Å². The fourth-order valence-corrected chi connectivity index (χ4v) is 3.51. The molecule has 1 saturated heterocycles. The Morgan fingerprint density at radius 1 is 1.32 bits per heavy atom. The van der Waals surface area contributed by atoms with Crippen molar-refractivity contribution >= 4 is 10.0 Å². The van der Waals surface area contributed by atoms with Crippen molar-refractivity contribution in [3.63, 3.8) is 0 Å². The Morgan fingerprint density at radius 2 is 2.11 bits per heavy atom. The molecular weight excluding hydrogens is 271 g/mol. The second-order valence-corrected chi connectivity index (χ2v) is 6.24. The van der Waals surface area contributed by atoms with Gasteiger partial charge in [0, 0.05) is 19.6 Å². The van der Waals surface area contributed by atoms with E-state index in [4.69, 9.17) is 4.74 Å². The van der Waals surface area contributed by atoms with Crippen LogP contribution in [0, 0.1) is 5.82 Å². The number of hydrogen-bond acceptors (Lipinski definition) is 4. The molecule has 7 heteroatoms. The van der Waals surface area contributed by atoms with Gasteiger partial charge in [-0.25, -0.2) is 12.8 Å². The molecule has 1 aromatic rings. The second kappa shape index (κ2) is 5.85. The first kappa shape index (κ1) is 14.2. The molecule has 0 aromatic heterocycles. The molecule has 1 heterocycles. The predicted octanol–water partition coefficient (Wildman–Crippen LogP) is 0.818. The molecule has 0 amide bonds. The van der Waals surface area contributed by atoms with Crippen LogP contribution in [-0.2, 0) is 10.0 Å². The minimum atomic E-state index is -3.64. The van der Waals surface area contributed by atoms with E-state index in [-0.39, 0.29) is 10.6 Å². The van der Waals surface area contributed by atoms with Crippen LogP contribution in [0.2, 0.25) is 0 Å². The van der Waals surface area contributed by atoms with Gasteiger partial charge in [-0.15, -0.1) is 0 Å². The summed E-state index contributed by atoms with van der Waals surface area (Å²) in [6, 6.07) is 3.71. The summed E-state index contributed by atoms with van der Waals surface area (Å²) in [5.41, 5.74) is 0. The maximum Gasteiger partial charge on any atom is 0.243 e. The van der Waals surface area contributed by atoms with Crippen molar-refractivity contribution < 1.29 is 17.5 Å². The van der Waals surface area contributed by atoms with Gasteiger partial charge in [0.2, 0.25) is 10.0 Å². The number of nitrogens with one attached hydrogen (secondary N) is 1. The van der Waals surface area contributed by atoms with E-state index in [2.05, 4.69) is 5.32 Å². The quantitative estimate of drug-likeness (QED) is 0.894. The highest BCUT2D eigenvalue weighted by Gasteiger charge is 2.25. The first-order valence-corrected chi connectivity index (χ1v) is 7.54. The molecule has 0 aliphatic carbocycles. The van der Waals surface area contributed by atoms with Crippen molar-refractivity contribution in [1.29, 1.82) is 0 Å². The van der Waals surface area contributed by atoms with E-state index >= 15 is 0 Å². The number of halogens is 1. The largest absolute Gasteiger partial charge is 0.494 e. The van der Waals surface area contributed by atoms with Crippen molar-refractivity contribution in [2.24, 2.45) is 0 Å². The maximum atomic E-state index is 13.6. The Kier molecular flexibility index (Phi) is 4.38. The fraction of sp³-hybridized carbons (Fsp3) is 0.500. The maximum absolute atomic E-state index is 13.6. The van der Waals surface area contributed by atoms with E-state index in [9.17, 15) is 12.8 Å². The molecule has 106 valence electrons. The summed E-state index contributed by atoms with van der Waals surface area (Å²) in [6.45, 7) is 2.25. The van der Waals surface area contributed by atoms with E-state index in [0.717, 1.165) is 19.0 Å².